The number of ether oxygens (including phenoxy) is 2. The molecule has 3 atom stereocenters. The van der Waals surface area contributed by atoms with Crippen molar-refractivity contribution < 1.29 is 28.7 Å². The van der Waals surface area contributed by atoms with E-state index in [4.69, 9.17) is 9.47 Å². The minimum Gasteiger partial charge on any atom is -0.458 e. The average molecular weight is 630 g/mol. The number of benzene rings is 3. The Hall–Kier alpha value is -4.66. The molecule has 2 N–H and O–H groups in total. The number of hydrogen-bond donors (Lipinski definition) is 2. The van der Waals surface area contributed by atoms with Gasteiger partial charge in [-0.25, -0.2) is 9.59 Å². The van der Waals surface area contributed by atoms with E-state index in [1.54, 1.807) is 72.7 Å². The third-order valence-corrected chi connectivity index (χ3v) is 6.86. The number of alkyl carbamates (subject to hydrolysis) is 1. The summed E-state index contributed by atoms with van der Waals surface area (Å²) in [7, 11) is 0. The zero-order valence-electron chi connectivity index (χ0n) is 27.9. The van der Waals surface area contributed by atoms with Crippen molar-refractivity contribution in [3.63, 3.8) is 0 Å². The Labute approximate surface area is 272 Å². The molecule has 246 valence electrons. The molecule has 0 aliphatic rings. The van der Waals surface area contributed by atoms with Gasteiger partial charge in [0.25, 0.3) is 0 Å². The molecule has 0 aliphatic heterocycles. The number of hydrogen-bond acceptors (Lipinski definition) is 6. The van der Waals surface area contributed by atoms with Gasteiger partial charge in [0.15, 0.2) is 0 Å². The minimum atomic E-state index is -1.11. The van der Waals surface area contributed by atoms with E-state index in [-0.39, 0.29) is 19.4 Å². The summed E-state index contributed by atoms with van der Waals surface area (Å²) >= 11 is 0. The highest BCUT2D eigenvalue weighted by molar-refractivity contribution is 5.94. The summed E-state index contributed by atoms with van der Waals surface area (Å²) in [5.41, 5.74) is 0.647. The van der Waals surface area contributed by atoms with E-state index in [1.165, 1.54) is 4.90 Å². The zero-order valence-corrected chi connectivity index (χ0v) is 27.9. The second-order valence-electron chi connectivity index (χ2n) is 13.1. The lowest BCUT2D eigenvalue weighted by molar-refractivity contribution is -0.159. The van der Waals surface area contributed by atoms with Crippen LogP contribution in [0.15, 0.2) is 91.0 Å². The van der Waals surface area contributed by atoms with Crippen LogP contribution in [0.25, 0.3) is 0 Å². The summed E-state index contributed by atoms with van der Waals surface area (Å²) in [5, 5.41) is 5.64. The zero-order chi connectivity index (χ0) is 33.9. The third-order valence-electron chi connectivity index (χ3n) is 6.86. The molecule has 3 aromatic carbocycles. The maximum absolute atomic E-state index is 14.4. The van der Waals surface area contributed by atoms with Gasteiger partial charge < -0.3 is 25.0 Å². The number of esters is 1. The lowest BCUT2D eigenvalue weighted by atomic mass is 9.99. The molecule has 9 nitrogen and oxygen atoms in total. The normalized spacial score (nSPS) is 13.5. The summed E-state index contributed by atoms with van der Waals surface area (Å²) in [6.45, 7) is 12.4. The van der Waals surface area contributed by atoms with Gasteiger partial charge in [0.05, 0.1) is 0 Å². The van der Waals surface area contributed by atoms with Crippen LogP contribution in [0.5, 0.6) is 0 Å². The van der Waals surface area contributed by atoms with Crippen LogP contribution in [0.4, 0.5) is 4.79 Å². The number of nitrogens with one attached hydrogen (secondary N) is 2. The van der Waals surface area contributed by atoms with E-state index in [0.29, 0.717) is 5.56 Å². The van der Waals surface area contributed by atoms with E-state index in [1.807, 2.05) is 66.7 Å². The van der Waals surface area contributed by atoms with Gasteiger partial charge in [-0.1, -0.05) is 91.0 Å². The number of rotatable bonds is 12. The van der Waals surface area contributed by atoms with Gasteiger partial charge in [0.2, 0.25) is 11.8 Å². The van der Waals surface area contributed by atoms with E-state index < -0.39 is 53.2 Å². The van der Waals surface area contributed by atoms with Crippen LogP contribution in [-0.2, 0) is 36.7 Å². The minimum absolute atomic E-state index is 0.142. The summed E-state index contributed by atoms with van der Waals surface area (Å²) in [6.07, 6.45) is -0.376. The van der Waals surface area contributed by atoms with Gasteiger partial charge in [-0.3, -0.25) is 9.59 Å². The molecule has 3 rings (SSSR count). The predicted molar refractivity (Wildman–Crippen MR) is 178 cm³/mol. The first-order chi connectivity index (χ1) is 21.7. The molecular weight excluding hydrogens is 582 g/mol. The topological polar surface area (TPSA) is 114 Å². The highest BCUT2D eigenvalue weighted by Crippen LogP contribution is 2.24. The van der Waals surface area contributed by atoms with Crippen molar-refractivity contribution in [1.82, 2.24) is 15.5 Å². The lowest BCUT2D eigenvalue weighted by Crippen LogP contribution is -2.55. The van der Waals surface area contributed by atoms with Crippen LogP contribution in [0.3, 0.4) is 0 Å². The quantitative estimate of drug-likeness (QED) is 0.246. The number of carbonyl (C=O) groups is 4. The predicted octanol–water partition coefficient (Wildman–Crippen LogP) is 5.78. The van der Waals surface area contributed by atoms with Crippen LogP contribution in [-0.4, -0.2) is 58.6 Å². The Bertz CT molecular complexity index is 1430. The van der Waals surface area contributed by atoms with Gasteiger partial charge in [-0.05, 0) is 65.2 Å². The Balaban J connectivity index is 2.00. The van der Waals surface area contributed by atoms with Crippen molar-refractivity contribution >= 4 is 23.9 Å². The molecule has 0 bridgehead atoms. The molecule has 0 aliphatic carbocycles. The van der Waals surface area contributed by atoms with Gasteiger partial charge >= 0.3 is 12.1 Å². The fourth-order valence-electron chi connectivity index (χ4n) is 4.94. The first-order valence-electron chi connectivity index (χ1n) is 15.6. The van der Waals surface area contributed by atoms with E-state index >= 15 is 0 Å². The van der Waals surface area contributed by atoms with Crippen LogP contribution in [0, 0.1) is 0 Å². The van der Waals surface area contributed by atoms with Crippen LogP contribution in [0.2, 0.25) is 0 Å². The third kappa shape index (κ3) is 11.4. The lowest BCUT2D eigenvalue weighted by Gasteiger charge is -2.34. The van der Waals surface area contributed by atoms with Crippen molar-refractivity contribution in [3.8, 4) is 0 Å². The van der Waals surface area contributed by atoms with Crippen LogP contribution >= 0.6 is 0 Å². The summed E-state index contributed by atoms with van der Waals surface area (Å²) in [6, 6.07) is 24.4. The van der Waals surface area contributed by atoms with Crippen LogP contribution in [0.1, 0.15) is 71.2 Å². The Morgan fingerprint density at radius 2 is 1.11 bits per heavy atom. The second kappa shape index (κ2) is 16.1. The monoisotopic (exact) mass is 629 g/mol. The van der Waals surface area contributed by atoms with E-state index in [0.717, 1.165) is 11.1 Å². The van der Waals surface area contributed by atoms with E-state index in [2.05, 4.69) is 10.6 Å². The highest BCUT2D eigenvalue weighted by Gasteiger charge is 2.37. The second-order valence-corrected chi connectivity index (χ2v) is 13.1. The number of likely N-dealkylation sites (N-methyl/N-ethyl adjacent to an activating group) is 1. The molecule has 0 heterocycles. The van der Waals surface area contributed by atoms with Crippen molar-refractivity contribution in [2.24, 2.45) is 0 Å². The van der Waals surface area contributed by atoms with Crippen molar-refractivity contribution in [2.75, 3.05) is 6.54 Å². The number of amides is 3. The molecule has 0 saturated heterocycles. The first-order valence-corrected chi connectivity index (χ1v) is 15.6. The summed E-state index contributed by atoms with van der Waals surface area (Å²) in [4.78, 5) is 56.4. The molecule has 9 heteroatoms. The molecular formula is C37H47N3O6. The van der Waals surface area contributed by atoms with Gasteiger partial charge in [0.1, 0.15) is 29.3 Å². The fourth-order valence-corrected chi connectivity index (χ4v) is 4.94. The molecule has 3 unspecified atom stereocenters. The molecule has 0 saturated carbocycles. The molecule has 0 spiro atoms. The maximum atomic E-state index is 14.4. The largest absolute Gasteiger partial charge is 0.458 e. The Morgan fingerprint density at radius 3 is 1.57 bits per heavy atom. The molecule has 0 fully saturated rings. The average Bonchev–Trinajstić information content (AvgIpc) is 2.98. The van der Waals surface area contributed by atoms with Gasteiger partial charge in [0, 0.05) is 19.4 Å². The SMILES string of the molecule is CCN(C(=O)C(Cc1ccccc1)NC(=O)OC(C)(C)C)C(C(=O)NC(Cc1ccccc1)C(=O)OC(C)(C)C)c1ccccc1. The smallest absolute Gasteiger partial charge is 0.408 e. The number of nitrogens with zero attached hydrogens (tertiary/aromatic N) is 1. The molecule has 0 radical (unpaired) electrons. The maximum Gasteiger partial charge on any atom is 0.408 e. The Morgan fingerprint density at radius 1 is 0.652 bits per heavy atom. The molecule has 3 amide bonds. The van der Waals surface area contributed by atoms with Gasteiger partial charge in [-0.2, -0.15) is 0 Å². The van der Waals surface area contributed by atoms with Crippen molar-refractivity contribution in [2.45, 2.75) is 90.6 Å². The molecule has 0 aromatic heterocycles. The van der Waals surface area contributed by atoms with Crippen molar-refractivity contribution in [1.29, 1.82) is 0 Å². The van der Waals surface area contributed by atoms with Crippen LogP contribution < -0.4 is 10.6 Å². The first kappa shape index (κ1) is 35.8. The number of carbonyl (C=O) groups excluding carboxylic acids is 4. The molecule has 46 heavy (non-hydrogen) atoms. The fraction of sp³-hybridized carbons (Fsp3) is 0.405. The Kier molecular flexibility index (Phi) is 12.5. The summed E-state index contributed by atoms with van der Waals surface area (Å²) in [5.74, 6) is -1.61. The van der Waals surface area contributed by atoms with Crippen molar-refractivity contribution in [3.05, 3.63) is 108 Å². The standard InChI is InChI=1S/C37H47N3O6/c1-8-40(33(42)29(24-26-18-12-9-13-19-26)39-35(44)46-37(5,6)7)31(28-22-16-11-17-23-28)32(41)38-30(34(43)45-36(2,3)4)25-27-20-14-10-15-21-27/h9-23,29-31H,8,24-25H2,1-7H3,(H,38,41)(H,39,44). The van der Waals surface area contributed by atoms with Gasteiger partial charge in [-0.15, -0.1) is 0 Å². The molecule has 3 aromatic rings. The summed E-state index contributed by atoms with van der Waals surface area (Å²) < 4.78 is 11.2. The van der Waals surface area contributed by atoms with E-state index in [9.17, 15) is 19.2 Å². The highest BCUT2D eigenvalue weighted by atomic mass is 16.6.